The van der Waals surface area contributed by atoms with Crippen molar-refractivity contribution >= 4 is 29.9 Å². The van der Waals surface area contributed by atoms with Gasteiger partial charge < -0.3 is 19.9 Å². The zero-order valence-electron chi connectivity index (χ0n) is 18.4. The molecule has 2 atom stereocenters. The van der Waals surface area contributed by atoms with E-state index >= 15 is 0 Å². The predicted molar refractivity (Wildman–Crippen MR) is 129 cm³/mol. The molecular weight excluding hydrogens is 493 g/mol. The summed E-state index contributed by atoms with van der Waals surface area (Å²) in [6.45, 7) is 8.54. The first kappa shape index (κ1) is 24.6. The smallest absolute Gasteiger partial charge is 0.228 e. The average Bonchev–Trinajstić information content (AvgIpc) is 3.21. The molecule has 2 N–H and O–H groups in total. The fourth-order valence-electron chi connectivity index (χ4n) is 3.52. The maximum Gasteiger partial charge on any atom is 0.228 e. The molecule has 166 valence electrons. The van der Waals surface area contributed by atoms with Crippen molar-refractivity contribution in [3.63, 3.8) is 0 Å². The monoisotopic (exact) mass is 527 g/mol. The van der Waals surface area contributed by atoms with Crippen LogP contribution in [0.4, 0.5) is 0 Å². The highest BCUT2D eigenvalue weighted by molar-refractivity contribution is 14.0. The van der Waals surface area contributed by atoms with Crippen molar-refractivity contribution in [1.29, 1.82) is 0 Å². The molecule has 1 aromatic carbocycles. The summed E-state index contributed by atoms with van der Waals surface area (Å²) in [5.41, 5.74) is 2.52. The van der Waals surface area contributed by atoms with Gasteiger partial charge in [0.2, 0.25) is 5.89 Å². The van der Waals surface area contributed by atoms with Gasteiger partial charge in [0, 0.05) is 45.0 Å². The van der Waals surface area contributed by atoms with Crippen molar-refractivity contribution in [2.75, 3.05) is 26.7 Å². The molecule has 7 nitrogen and oxygen atoms in total. The number of benzene rings is 1. The van der Waals surface area contributed by atoms with Gasteiger partial charge in [0.1, 0.15) is 0 Å². The minimum atomic E-state index is 0. The van der Waals surface area contributed by atoms with Gasteiger partial charge in [0.25, 0.3) is 0 Å². The molecule has 1 fully saturated rings. The van der Waals surface area contributed by atoms with Gasteiger partial charge in [-0.1, -0.05) is 48.8 Å². The Morgan fingerprint density at radius 3 is 2.67 bits per heavy atom. The molecule has 1 aromatic heterocycles. The fraction of sp³-hybridized carbons (Fsp3) is 0.591. The van der Waals surface area contributed by atoms with E-state index in [-0.39, 0.29) is 36.0 Å². The minimum absolute atomic E-state index is 0. The Bertz CT molecular complexity index is 791. The number of ether oxygens (including phenoxy) is 1. The maximum absolute atomic E-state index is 6.12. The van der Waals surface area contributed by atoms with E-state index in [0.29, 0.717) is 24.8 Å². The minimum Gasteiger partial charge on any atom is -0.373 e. The summed E-state index contributed by atoms with van der Waals surface area (Å²) < 4.78 is 11.4. The first-order valence-electron chi connectivity index (χ1n) is 10.5. The normalized spacial score (nSPS) is 19.4. The molecule has 8 heteroatoms. The molecule has 1 saturated heterocycles. The molecule has 2 heterocycles. The molecule has 0 aliphatic carbocycles. The summed E-state index contributed by atoms with van der Waals surface area (Å²) in [7, 11) is 1.79. The second-order valence-electron chi connectivity index (χ2n) is 7.94. The number of rotatable bonds is 7. The topological polar surface area (TPSA) is 84.6 Å². The highest BCUT2D eigenvalue weighted by Gasteiger charge is 2.27. The van der Waals surface area contributed by atoms with E-state index in [4.69, 9.17) is 9.26 Å². The van der Waals surface area contributed by atoms with Crippen LogP contribution >= 0.6 is 24.0 Å². The summed E-state index contributed by atoms with van der Waals surface area (Å²) in [4.78, 5) is 8.74. The standard InChI is InChI=1S/C22H33N5O2.HI/c1-15(2)21-26-19(29-27-21)11-12-24-22(23-4)25-14-18-6-5-13-28-20(18)17-9-7-16(3)8-10-17;/h7-10,15,18,20H,5-6,11-14H2,1-4H3,(H2,23,24,25);1H. The lowest BCUT2D eigenvalue weighted by atomic mass is 9.89. The molecule has 1 aliphatic heterocycles. The molecule has 0 saturated carbocycles. The highest BCUT2D eigenvalue weighted by Crippen LogP contribution is 2.33. The van der Waals surface area contributed by atoms with Crippen molar-refractivity contribution in [3.8, 4) is 0 Å². The molecule has 0 amide bonds. The average molecular weight is 527 g/mol. The van der Waals surface area contributed by atoms with E-state index in [9.17, 15) is 0 Å². The number of nitrogens with zero attached hydrogens (tertiary/aromatic N) is 3. The van der Waals surface area contributed by atoms with E-state index in [2.05, 4.69) is 70.8 Å². The Hall–Kier alpha value is -1.68. The number of hydrogen-bond donors (Lipinski definition) is 2. The van der Waals surface area contributed by atoms with Gasteiger partial charge in [-0.15, -0.1) is 24.0 Å². The van der Waals surface area contributed by atoms with E-state index in [1.54, 1.807) is 7.05 Å². The molecule has 30 heavy (non-hydrogen) atoms. The Kier molecular flexibility index (Phi) is 10.0. The van der Waals surface area contributed by atoms with Gasteiger partial charge in [-0.2, -0.15) is 4.98 Å². The van der Waals surface area contributed by atoms with Gasteiger partial charge in [-0.3, -0.25) is 4.99 Å². The number of aryl methyl sites for hydroxylation is 1. The van der Waals surface area contributed by atoms with Gasteiger partial charge in [0.05, 0.1) is 6.10 Å². The summed E-state index contributed by atoms with van der Waals surface area (Å²) in [6, 6.07) is 8.67. The molecule has 0 spiro atoms. The summed E-state index contributed by atoms with van der Waals surface area (Å²) in [5, 5.41) is 10.8. The zero-order chi connectivity index (χ0) is 20.6. The van der Waals surface area contributed by atoms with E-state index < -0.39 is 0 Å². The van der Waals surface area contributed by atoms with Crippen LogP contribution in [0, 0.1) is 12.8 Å². The fourth-order valence-corrected chi connectivity index (χ4v) is 3.52. The van der Waals surface area contributed by atoms with Gasteiger partial charge in [-0.25, -0.2) is 0 Å². The third kappa shape index (κ3) is 6.94. The number of guanidine groups is 1. The number of aliphatic imine (C=N–C) groups is 1. The summed E-state index contributed by atoms with van der Waals surface area (Å²) in [6.07, 6.45) is 3.03. The molecule has 0 radical (unpaired) electrons. The maximum atomic E-state index is 6.12. The molecule has 2 aromatic rings. The van der Waals surface area contributed by atoms with Crippen LogP contribution in [0.15, 0.2) is 33.8 Å². The Labute approximate surface area is 196 Å². The summed E-state index contributed by atoms with van der Waals surface area (Å²) in [5.74, 6) is 2.86. The van der Waals surface area contributed by atoms with Crippen molar-refractivity contribution in [3.05, 3.63) is 47.1 Å². The first-order chi connectivity index (χ1) is 14.1. The second kappa shape index (κ2) is 12.2. The SMILES string of the molecule is CN=C(NCCc1nc(C(C)C)no1)NCC1CCCOC1c1ccc(C)cc1.I. The van der Waals surface area contributed by atoms with Gasteiger partial charge in [-0.05, 0) is 25.3 Å². The Balaban J connectivity index is 0.00000320. The van der Waals surface area contributed by atoms with Crippen molar-refractivity contribution in [1.82, 2.24) is 20.8 Å². The van der Waals surface area contributed by atoms with E-state index in [0.717, 1.165) is 37.8 Å². The second-order valence-corrected chi connectivity index (χ2v) is 7.94. The van der Waals surface area contributed by atoms with Crippen LogP contribution in [-0.2, 0) is 11.2 Å². The van der Waals surface area contributed by atoms with Crippen LogP contribution in [0.3, 0.4) is 0 Å². The largest absolute Gasteiger partial charge is 0.373 e. The summed E-state index contributed by atoms with van der Waals surface area (Å²) >= 11 is 0. The Morgan fingerprint density at radius 1 is 1.23 bits per heavy atom. The molecule has 3 rings (SSSR count). The molecule has 2 unspecified atom stereocenters. The van der Waals surface area contributed by atoms with Crippen molar-refractivity contribution in [2.45, 2.75) is 52.1 Å². The third-order valence-corrected chi connectivity index (χ3v) is 5.24. The van der Waals surface area contributed by atoms with Gasteiger partial charge >= 0.3 is 0 Å². The zero-order valence-corrected chi connectivity index (χ0v) is 20.7. The molecule has 1 aliphatic rings. The first-order valence-corrected chi connectivity index (χ1v) is 10.5. The quantitative estimate of drug-likeness (QED) is 0.322. The lowest BCUT2D eigenvalue weighted by Gasteiger charge is -2.32. The van der Waals surface area contributed by atoms with Crippen LogP contribution in [0.25, 0.3) is 0 Å². The third-order valence-electron chi connectivity index (χ3n) is 5.24. The van der Waals surface area contributed by atoms with Crippen molar-refractivity contribution in [2.24, 2.45) is 10.9 Å². The highest BCUT2D eigenvalue weighted by atomic mass is 127. The van der Waals surface area contributed by atoms with Crippen LogP contribution in [0.2, 0.25) is 0 Å². The number of halogens is 1. The van der Waals surface area contributed by atoms with Crippen LogP contribution in [0.5, 0.6) is 0 Å². The van der Waals surface area contributed by atoms with E-state index in [1.807, 2.05) is 0 Å². The number of hydrogen-bond acceptors (Lipinski definition) is 5. The molecule has 0 bridgehead atoms. The van der Waals surface area contributed by atoms with Crippen LogP contribution < -0.4 is 10.6 Å². The van der Waals surface area contributed by atoms with Crippen LogP contribution in [-0.4, -0.2) is 42.8 Å². The van der Waals surface area contributed by atoms with Crippen molar-refractivity contribution < 1.29 is 9.26 Å². The lowest BCUT2D eigenvalue weighted by Crippen LogP contribution is -2.42. The van der Waals surface area contributed by atoms with Crippen LogP contribution in [0.1, 0.15) is 61.6 Å². The number of nitrogens with one attached hydrogen (secondary N) is 2. The van der Waals surface area contributed by atoms with Gasteiger partial charge in [0.15, 0.2) is 11.8 Å². The Morgan fingerprint density at radius 2 is 2.00 bits per heavy atom. The predicted octanol–water partition coefficient (Wildman–Crippen LogP) is 3.99. The molecular formula is C22H34IN5O2. The number of aromatic nitrogens is 2. The lowest BCUT2D eigenvalue weighted by molar-refractivity contribution is -0.0265. The van der Waals surface area contributed by atoms with E-state index in [1.165, 1.54) is 11.1 Å².